The fourth-order valence-corrected chi connectivity index (χ4v) is 4.64. The monoisotopic (exact) mass is 469 g/mol. The Morgan fingerprint density at radius 1 is 1.13 bits per heavy atom. The minimum absolute atomic E-state index is 0.205. The number of morpholine rings is 1. The van der Waals surface area contributed by atoms with Gasteiger partial charge in [0.1, 0.15) is 0 Å². The highest BCUT2D eigenvalue weighted by Crippen LogP contribution is 2.24. The minimum Gasteiger partial charge on any atom is -0.379 e. The highest BCUT2D eigenvalue weighted by molar-refractivity contribution is 7.89. The summed E-state index contributed by atoms with van der Waals surface area (Å²) in [6.45, 7) is 1.51. The lowest BCUT2D eigenvalue weighted by molar-refractivity contribution is -0.121. The number of halogens is 2. The number of hydrogen-bond donors (Lipinski definition) is 1. The van der Waals surface area contributed by atoms with Gasteiger partial charge in [0.15, 0.2) is 0 Å². The van der Waals surface area contributed by atoms with E-state index in [2.05, 4.69) is 10.5 Å². The highest BCUT2D eigenvalue weighted by Gasteiger charge is 2.26. The first kappa shape index (κ1) is 22.7. The van der Waals surface area contributed by atoms with Crippen molar-refractivity contribution < 1.29 is 17.9 Å². The number of nitrogens with zero attached hydrogens (tertiary/aromatic N) is 2. The largest absolute Gasteiger partial charge is 0.379 e. The zero-order valence-corrected chi connectivity index (χ0v) is 18.4. The summed E-state index contributed by atoms with van der Waals surface area (Å²) in [5, 5.41) is 4.66. The summed E-state index contributed by atoms with van der Waals surface area (Å²) in [5.74, 6) is -0.269. The van der Waals surface area contributed by atoms with E-state index in [1.54, 1.807) is 42.5 Å². The van der Waals surface area contributed by atoms with E-state index in [0.717, 1.165) is 5.56 Å². The molecule has 2 aromatic rings. The molecular formula is C20H21Cl2N3O4S. The molecule has 3 rings (SSSR count). The number of hydrogen-bond acceptors (Lipinski definition) is 5. The number of sulfonamides is 1. The minimum atomic E-state index is -3.52. The molecule has 7 nitrogen and oxygen atoms in total. The second-order valence-electron chi connectivity index (χ2n) is 6.60. The standard InChI is InChI=1S/C20H21Cl2N3O4S/c21-18-3-1-2-16(20(18)22)14-23-24-19(26)9-6-15-4-7-17(8-5-15)30(27,28)25-10-12-29-13-11-25/h1-5,7-8,14H,6,9-13H2,(H,24,26)/b23-14+. The van der Waals surface area contributed by atoms with Crippen molar-refractivity contribution in [1.82, 2.24) is 9.73 Å². The van der Waals surface area contributed by atoms with E-state index >= 15 is 0 Å². The molecule has 1 saturated heterocycles. The second-order valence-corrected chi connectivity index (χ2v) is 9.32. The van der Waals surface area contributed by atoms with Crippen molar-refractivity contribution in [3.63, 3.8) is 0 Å². The molecule has 1 fully saturated rings. The summed E-state index contributed by atoms with van der Waals surface area (Å²) in [6.07, 6.45) is 2.09. The van der Waals surface area contributed by atoms with Crippen molar-refractivity contribution in [2.75, 3.05) is 26.3 Å². The number of rotatable bonds is 7. The van der Waals surface area contributed by atoms with Crippen LogP contribution in [0.5, 0.6) is 0 Å². The third-order valence-electron chi connectivity index (χ3n) is 4.55. The molecule has 1 heterocycles. The summed E-state index contributed by atoms with van der Waals surface area (Å²) in [7, 11) is -3.52. The maximum Gasteiger partial charge on any atom is 0.243 e. The normalized spacial score (nSPS) is 15.4. The Morgan fingerprint density at radius 3 is 2.53 bits per heavy atom. The van der Waals surface area contributed by atoms with Gasteiger partial charge in [0, 0.05) is 25.1 Å². The van der Waals surface area contributed by atoms with Crippen LogP contribution in [0.25, 0.3) is 0 Å². The Morgan fingerprint density at radius 2 is 1.83 bits per heavy atom. The first-order chi connectivity index (χ1) is 14.4. The van der Waals surface area contributed by atoms with Gasteiger partial charge in [-0.1, -0.05) is 47.5 Å². The summed E-state index contributed by atoms with van der Waals surface area (Å²) >= 11 is 12.0. The van der Waals surface area contributed by atoms with Crippen molar-refractivity contribution in [1.29, 1.82) is 0 Å². The molecule has 1 N–H and O–H groups in total. The molecule has 0 saturated carbocycles. The lowest BCUT2D eigenvalue weighted by Crippen LogP contribution is -2.40. The molecule has 0 aromatic heterocycles. The van der Waals surface area contributed by atoms with Crippen LogP contribution >= 0.6 is 23.2 Å². The molecular weight excluding hydrogens is 449 g/mol. The Labute approximate surface area is 185 Å². The number of benzene rings is 2. The molecule has 10 heteroatoms. The Kier molecular flexibility index (Phi) is 7.85. The average molecular weight is 470 g/mol. The van der Waals surface area contributed by atoms with Gasteiger partial charge in [0.05, 0.1) is 34.4 Å². The maximum absolute atomic E-state index is 12.6. The summed E-state index contributed by atoms with van der Waals surface area (Å²) < 4.78 is 31.9. The van der Waals surface area contributed by atoms with Crippen LogP contribution in [0, 0.1) is 0 Å². The lowest BCUT2D eigenvalue weighted by atomic mass is 10.1. The van der Waals surface area contributed by atoms with Crippen LogP contribution in [0.1, 0.15) is 17.5 Å². The number of ether oxygens (including phenoxy) is 1. The molecule has 0 spiro atoms. The predicted octanol–water partition coefficient (Wildman–Crippen LogP) is 3.10. The maximum atomic E-state index is 12.6. The molecule has 0 aliphatic carbocycles. The fraction of sp³-hybridized carbons (Fsp3) is 0.300. The fourth-order valence-electron chi connectivity index (χ4n) is 2.87. The second kappa shape index (κ2) is 10.4. The zero-order chi connectivity index (χ0) is 21.6. The van der Waals surface area contributed by atoms with Gasteiger partial charge in [-0.25, -0.2) is 13.8 Å². The number of carbonyl (C=O) groups excluding carboxylic acids is 1. The Hall–Kier alpha value is -1.97. The molecule has 0 bridgehead atoms. The number of carbonyl (C=O) groups is 1. The Bertz CT molecular complexity index is 1020. The predicted molar refractivity (Wildman–Crippen MR) is 117 cm³/mol. The van der Waals surface area contributed by atoms with E-state index in [4.69, 9.17) is 27.9 Å². The van der Waals surface area contributed by atoms with Crippen molar-refractivity contribution in [3.8, 4) is 0 Å². The molecule has 1 aliphatic rings. The molecule has 0 atom stereocenters. The molecule has 30 heavy (non-hydrogen) atoms. The number of amides is 1. The first-order valence-electron chi connectivity index (χ1n) is 9.30. The van der Waals surface area contributed by atoms with Crippen LogP contribution in [0.2, 0.25) is 10.0 Å². The van der Waals surface area contributed by atoms with E-state index in [0.29, 0.717) is 48.3 Å². The van der Waals surface area contributed by atoms with Crippen molar-refractivity contribution in [3.05, 3.63) is 63.6 Å². The highest BCUT2D eigenvalue weighted by atomic mass is 35.5. The quantitative estimate of drug-likeness (QED) is 0.498. The Balaban J connectivity index is 1.51. The number of nitrogens with one attached hydrogen (secondary N) is 1. The van der Waals surface area contributed by atoms with Gasteiger partial charge >= 0.3 is 0 Å². The van der Waals surface area contributed by atoms with E-state index in [1.807, 2.05) is 0 Å². The molecule has 2 aromatic carbocycles. The van der Waals surface area contributed by atoms with Crippen molar-refractivity contribution in [2.24, 2.45) is 5.10 Å². The topological polar surface area (TPSA) is 88.1 Å². The molecule has 1 aliphatic heterocycles. The van der Waals surface area contributed by atoms with E-state index in [1.165, 1.54) is 10.5 Å². The summed E-state index contributed by atoms with van der Waals surface area (Å²) in [5.41, 5.74) is 3.89. The van der Waals surface area contributed by atoms with Gasteiger partial charge in [-0.05, 0) is 30.2 Å². The zero-order valence-electron chi connectivity index (χ0n) is 16.1. The van der Waals surface area contributed by atoms with E-state index in [9.17, 15) is 13.2 Å². The molecule has 0 radical (unpaired) electrons. The van der Waals surface area contributed by atoms with Gasteiger partial charge in [0.2, 0.25) is 15.9 Å². The average Bonchev–Trinajstić information content (AvgIpc) is 2.76. The molecule has 1 amide bonds. The van der Waals surface area contributed by atoms with Crippen molar-refractivity contribution >= 4 is 45.3 Å². The van der Waals surface area contributed by atoms with Crippen LogP contribution in [0.4, 0.5) is 0 Å². The van der Waals surface area contributed by atoms with Gasteiger partial charge in [-0.15, -0.1) is 0 Å². The van der Waals surface area contributed by atoms with Gasteiger partial charge in [0.25, 0.3) is 0 Å². The van der Waals surface area contributed by atoms with Crippen LogP contribution in [-0.2, 0) is 26.0 Å². The summed E-state index contributed by atoms with van der Waals surface area (Å²) in [6, 6.07) is 11.7. The van der Waals surface area contributed by atoms with E-state index < -0.39 is 10.0 Å². The van der Waals surface area contributed by atoms with Gasteiger partial charge < -0.3 is 4.74 Å². The number of aryl methyl sites for hydroxylation is 1. The van der Waals surface area contributed by atoms with Crippen LogP contribution < -0.4 is 5.43 Å². The van der Waals surface area contributed by atoms with Gasteiger partial charge in [-0.2, -0.15) is 9.41 Å². The van der Waals surface area contributed by atoms with E-state index in [-0.39, 0.29) is 17.2 Å². The van der Waals surface area contributed by atoms with Crippen LogP contribution in [0.15, 0.2) is 52.5 Å². The third kappa shape index (κ3) is 5.80. The molecule has 160 valence electrons. The smallest absolute Gasteiger partial charge is 0.243 e. The number of hydrazone groups is 1. The SMILES string of the molecule is O=C(CCc1ccc(S(=O)(=O)N2CCOCC2)cc1)N/N=C/c1cccc(Cl)c1Cl. The van der Waals surface area contributed by atoms with Gasteiger partial charge in [-0.3, -0.25) is 4.79 Å². The summed E-state index contributed by atoms with van der Waals surface area (Å²) in [4.78, 5) is 12.2. The lowest BCUT2D eigenvalue weighted by Gasteiger charge is -2.26. The van der Waals surface area contributed by atoms with Crippen molar-refractivity contribution in [2.45, 2.75) is 17.7 Å². The molecule has 0 unspecified atom stereocenters. The first-order valence-corrected chi connectivity index (χ1v) is 11.5. The third-order valence-corrected chi connectivity index (χ3v) is 7.29. The van der Waals surface area contributed by atoms with Crippen LogP contribution in [0.3, 0.4) is 0 Å². The van der Waals surface area contributed by atoms with Crippen LogP contribution in [-0.4, -0.2) is 51.1 Å².